The van der Waals surface area contributed by atoms with E-state index in [2.05, 4.69) is 23.7 Å². The Labute approximate surface area is 82.3 Å². The Bertz CT molecular complexity index is 292. The minimum absolute atomic E-state index is 0.844. The van der Waals surface area contributed by atoms with Gasteiger partial charge in [-0.1, -0.05) is 0 Å². The smallest absolute Gasteiger partial charge is 0.114 e. The van der Waals surface area contributed by atoms with Crippen molar-refractivity contribution in [2.24, 2.45) is 0 Å². The van der Waals surface area contributed by atoms with Crippen molar-refractivity contribution < 1.29 is 4.74 Å². The topological polar surface area (TPSA) is 25.4 Å². The van der Waals surface area contributed by atoms with Gasteiger partial charge in [-0.15, -0.1) is 11.3 Å². The van der Waals surface area contributed by atoms with E-state index in [0.29, 0.717) is 0 Å². The molecule has 1 fully saturated rings. The standard InChI is InChI=1S/C9H14N2OS/c1-7-9(13-8(2)10-7)11-3-5-12-6-4-11/h3-6H2,1-2H3. The molecule has 1 saturated heterocycles. The van der Waals surface area contributed by atoms with Gasteiger partial charge in [-0.25, -0.2) is 4.98 Å². The zero-order valence-corrected chi connectivity index (χ0v) is 8.86. The maximum absolute atomic E-state index is 5.31. The lowest BCUT2D eigenvalue weighted by Crippen LogP contribution is -2.36. The van der Waals surface area contributed by atoms with E-state index in [1.807, 2.05) is 0 Å². The van der Waals surface area contributed by atoms with Crippen molar-refractivity contribution in [3.8, 4) is 0 Å². The highest BCUT2D eigenvalue weighted by atomic mass is 32.1. The molecule has 1 aliphatic heterocycles. The summed E-state index contributed by atoms with van der Waals surface area (Å²) in [4.78, 5) is 6.79. The van der Waals surface area contributed by atoms with Crippen molar-refractivity contribution in [2.75, 3.05) is 31.2 Å². The average molecular weight is 198 g/mol. The lowest BCUT2D eigenvalue weighted by atomic mass is 10.4. The van der Waals surface area contributed by atoms with E-state index in [4.69, 9.17) is 4.74 Å². The van der Waals surface area contributed by atoms with Crippen LogP contribution < -0.4 is 4.90 Å². The summed E-state index contributed by atoms with van der Waals surface area (Å²) in [6, 6.07) is 0. The second kappa shape index (κ2) is 3.64. The van der Waals surface area contributed by atoms with Crippen molar-refractivity contribution in [3.05, 3.63) is 10.7 Å². The van der Waals surface area contributed by atoms with Gasteiger partial charge in [-0.3, -0.25) is 0 Å². The molecule has 0 atom stereocenters. The largest absolute Gasteiger partial charge is 0.378 e. The van der Waals surface area contributed by atoms with Crippen molar-refractivity contribution in [2.45, 2.75) is 13.8 Å². The Morgan fingerprint density at radius 3 is 2.54 bits per heavy atom. The molecule has 2 heterocycles. The highest BCUT2D eigenvalue weighted by Crippen LogP contribution is 2.27. The third-order valence-electron chi connectivity index (χ3n) is 2.18. The van der Waals surface area contributed by atoms with Crippen molar-refractivity contribution in [3.63, 3.8) is 0 Å². The van der Waals surface area contributed by atoms with Crippen molar-refractivity contribution in [1.29, 1.82) is 0 Å². The molecule has 1 aromatic heterocycles. The number of anilines is 1. The molecule has 0 N–H and O–H groups in total. The minimum atomic E-state index is 0.844. The van der Waals surface area contributed by atoms with Crippen LogP contribution in [-0.4, -0.2) is 31.3 Å². The molecule has 1 aromatic rings. The number of ether oxygens (including phenoxy) is 1. The summed E-state index contributed by atoms with van der Waals surface area (Å²) >= 11 is 1.78. The second-order valence-electron chi connectivity index (χ2n) is 3.22. The van der Waals surface area contributed by atoms with E-state index in [-0.39, 0.29) is 0 Å². The Morgan fingerprint density at radius 2 is 2.00 bits per heavy atom. The molecule has 0 aromatic carbocycles. The third-order valence-corrected chi connectivity index (χ3v) is 3.31. The van der Waals surface area contributed by atoms with E-state index in [1.54, 1.807) is 11.3 Å². The van der Waals surface area contributed by atoms with Crippen LogP contribution in [0.15, 0.2) is 0 Å². The van der Waals surface area contributed by atoms with Gasteiger partial charge in [0.05, 0.1) is 23.9 Å². The SMILES string of the molecule is Cc1nc(C)c(N2CCOCC2)s1. The average Bonchev–Trinajstić information content (AvgIpc) is 2.47. The summed E-state index contributed by atoms with van der Waals surface area (Å²) in [6.07, 6.45) is 0. The quantitative estimate of drug-likeness (QED) is 0.685. The molecule has 0 spiro atoms. The predicted molar refractivity (Wildman–Crippen MR) is 54.6 cm³/mol. The summed E-state index contributed by atoms with van der Waals surface area (Å²) in [6.45, 7) is 7.83. The number of thiazole rings is 1. The highest BCUT2D eigenvalue weighted by molar-refractivity contribution is 7.15. The van der Waals surface area contributed by atoms with Crippen LogP contribution in [0.1, 0.15) is 10.7 Å². The van der Waals surface area contributed by atoms with E-state index >= 15 is 0 Å². The molecule has 1 aliphatic rings. The van der Waals surface area contributed by atoms with E-state index in [0.717, 1.165) is 37.0 Å². The van der Waals surface area contributed by atoms with Crippen LogP contribution in [0.5, 0.6) is 0 Å². The number of aryl methyl sites for hydroxylation is 2. The number of nitrogens with zero attached hydrogens (tertiary/aromatic N) is 2. The third kappa shape index (κ3) is 1.84. The van der Waals surface area contributed by atoms with Crippen LogP contribution in [0.2, 0.25) is 0 Å². The molecule has 2 rings (SSSR count). The number of morpholine rings is 1. The molecule has 0 aliphatic carbocycles. The Morgan fingerprint density at radius 1 is 1.31 bits per heavy atom. The van der Waals surface area contributed by atoms with Gasteiger partial charge in [0.2, 0.25) is 0 Å². The van der Waals surface area contributed by atoms with E-state index < -0.39 is 0 Å². The molecule has 0 bridgehead atoms. The van der Waals surface area contributed by atoms with Gasteiger partial charge < -0.3 is 9.64 Å². The number of hydrogen-bond donors (Lipinski definition) is 0. The van der Waals surface area contributed by atoms with Crippen LogP contribution in [0.4, 0.5) is 5.00 Å². The maximum Gasteiger partial charge on any atom is 0.114 e. The first-order valence-electron chi connectivity index (χ1n) is 4.54. The van der Waals surface area contributed by atoms with Gasteiger partial charge in [0.25, 0.3) is 0 Å². The van der Waals surface area contributed by atoms with Crippen LogP contribution in [0.3, 0.4) is 0 Å². The Balaban J connectivity index is 2.18. The van der Waals surface area contributed by atoms with Crippen molar-refractivity contribution >= 4 is 16.3 Å². The minimum Gasteiger partial charge on any atom is -0.378 e. The van der Waals surface area contributed by atoms with Crippen molar-refractivity contribution in [1.82, 2.24) is 4.98 Å². The highest BCUT2D eigenvalue weighted by Gasteiger charge is 2.15. The lowest BCUT2D eigenvalue weighted by Gasteiger charge is -2.27. The predicted octanol–water partition coefficient (Wildman–Crippen LogP) is 1.60. The van der Waals surface area contributed by atoms with Crippen LogP contribution in [0.25, 0.3) is 0 Å². The molecular formula is C9H14N2OS. The summed E-state index contributed by atoms with van der Waals surface area (Å²) in [5.74, 6) is 0. The van der Waals surface area contributed by atoms with Gasteiger partial charge in [0.15, 0.2) is 0 Å². The van der Waals surface area contributed by atoms with Gasteiger partial charge in [0, 0.05) is 13.1 Å². The van der Waals surface area contributed by atoms with Gasteiger partial charge >= 0.3 is 0 Å². The summed E-state index contributed by atoms with van der Waals surface area (Å²) < 4.78 is 5.31. The molecule has 4 heteroatoms. The monoisotopic (exact) mass is 198 g/mol. The molecule has 0 unspecified atom stereocenters. The zero-order chi connectivity index (χ0) is 9.26. The summed E-state index contributed by atoms with van der Waals surface area (Å²) in [5.41, 5.74) is 1.16. The maximum atomic E-state index is 5.31. The molecule has 72 valence electrons. The first kappa shape index (κ1) is 8.97. The first-order valence-corrected chi connectivity index (χ1v) is 5.36. The zero-order valence-electron chi connectivity index (χ0n) is 8.04. The molecule has 13 heavy (non-hydrogen) atoms. The molecule has 0 saturated carbocycles. The molecule has 0 amide bonds. The fourth-order valence-corrected chi connectivity index (χ4v) is 2.55. The Hall–Kier alpha value is -0.610. The Kier molecular flexibility index (Phi) is 2.51. The molecule has 3 nitrogen and oxygen atoms in total. The van der Waals surface area contributed by atoms with Crippen LogP contribution in [-0.2, 0) is 4.74 Å². The van der Waals surface area contributed by atoms with E-state index in [9.17, 15) is 0 Å². The molecule has 0 radical (unpaired) electrons. The normalized spacial score (nSPS) is 17.8. The second-order valence-corrected chi connectivity index (χ2v) is 4.40. The lowest BCUT2D eigenvalue weighted by molar-refractivity contribution is 0.123. The number of aromatic nitrogens is 1. The van der Waals surface area contributed by atoms with Gasteiger partial charge in [-0.05, 0) is 13.8 Å². The summed E-state index contributed by atoms with van der Waals surface area (Å²) in [5, 5.41) is 2.47. The van der Waals surface area contributed by atoms with E-state index in [1.165, 1.54) is 5.00 Å². The number of rotatable bonds is 1. The first-order chi connectivity index (χ1) is 6.27. The van der Waals surface area contributed by atoms with Gasteiger partial charge in [-0.2, -0.15) is 0 Å². The van der Waals surface area contributed by atoms with Gasteiger partial charge in [0.1, 0.15) is 5.00 Å². The fourth-order valence-electron chi connectivity index (χ4n) is 1.58. The van der Waals surface area contributed by atoms with Crippen LogP contribution in [0, 0.1) is 13.8 Å². The number of hydrogen-bond acceptors (Lipinski definition) is 4. The fraction of sp³-hybridized carbons (Fsp3) is 0.667. The summed E-state index contributed by atoms with van der Waals surface area (Å²) in [7, 11) is 0. The molecular weight excluding hydrogens is 184 g/mol. The van der Waals surface area contributed by atoms with Crippen LogP contribution >= 0.6 is 11.3 Å².